The van der Waals surface area contributed by atoms with Gasteiger partial charge in [0.2, 0.25) is 5.91 Å². The SMILES string of the molecule is O=C(O)Cn1nc(C2CCOCC2)nc1[C@@H]1CNC(=O)C1. The van der Waals surface area contributed by atoms with Gasteiger partial charge in [-0.1, -0.05) is 0 Å². The second kappa shape index (κ2) is 5.80. The Labute approximate surface area is 121 Å². The first-order valence-electron chi connectivity index (χ1n) is 7.14. The molecule has 0 aliphatic carbocycles. The fraction of sp³-hybridized carbons (Fsp3) is 0.692. The summed E-state index contributed by atoms with van der Waals surface area (Å²) in [6.45, 7) is 1.62. The molecule has 2 saturated heterocycles. The van der Waals surface area contributed by atoms with Crippen molar-refractivity contribution in [2.45, 2.75) is 37.6 Å². The lowest BCUT2D eigenvalue weighted by atomic mass is 10.00. The quantitative estimate of drug-likeness (QED) is 0.800. The molecular weight excluding hydrogens is 276 g/mol. The van der Waals surface area contributed by atoms with E-state index >= 15 is 0 Å². The van der Waals surface area contributed by atoms with Crippen LogP contribution in [0.25, 0.3) is 0 Å². The molecule has 1 aromatic rings. The molecule has 0 spiro atoms. The number of rotatable bonds is 4. The summed E-state index contributed by atoms with van der Waals surface area (Å²) < 4.78 is 6.75. The van der Waals surface area contributed by atoms with E-state index in [1.54, 1.807) is 0 Å². The van der Waals surface area contributed by atoms with Gasteiger partial charge < -0.3 is 15.2 Å². The molecule has 0 unspecified atom stereocenters. The Bertz CT molecular complexity index is 550. The molecule has 21 heavy (non-hydrogen) atoms. The molecule has 8 heteroatoms. The Morgan fingerprint density at radius 3 is 2.76 bits per heavy atom. The second-order valence-corrected chi connectivity index (χ2v) is 5.47. The van der Waals surface area contributed by atoms with Crippen LogP contribution in [0, 0.1) is 0 Å². The molecule has 1 aromatic heterocycles. The number of hydrogen-bond acceptors (Lipinski definition) is 5. The maximum Gasteiger partial charge on any atom is 0.325 e. The molecule has 3 heterocycles. The van der Waals surface area contributed by atoms with E-state index in [1.807, 2.05) is 0 Å². The number of aliphatic carboxylic acids is 1. The molecule has 3 rings (SSSR count). The minimum atomic E-state index is -0.961. The molecule has 1 atom stereocenters. The normalized spacial score (nSPS) is 23.2. The number of carboxylic acid groups (broad SMARTS) is 1. The molecule has 2 aliphatic heterocycles. The molecule has 0 bridgehead atoms. The van der Waals surface area contributed by atoms with Gasteiger partial charge in [-0.15, -0.1) is 0 Å². The monoisotopic (exact) mass is 294 g/mol. The van der Waals surface area contributed by atoms with Crippen LogP contribution >= 0.6 is 0 Å². The van der Waals surface area contributed by atoms with Gasteiger partial charge in [0, 0.05) is 38.0 Å². The molecule has 2 aliphatic rings. The number of nitrogens with zero attached hydrogens (tertiary/aromatic N) is 3. The first kappa shape index (κ1) is 14.0. The zero-order valence-electron chi connectivity index (χ0n) is 11.6. The van der Waals surface area contributed by atoms with Crippen LogP contribution in [0.5, 0.6) is 0 Å². The fourth-order valence-corrected chi connectivity index (χ4v) is 2.84. The Morgan fingerprint density at radius 1 is 1.38 bits per heavy atom. The zero-order valence-corrected chi connectivity index (χ0v) is 11.6. The summed E-state index contributed by atoms with van der Waals surface area (Å²) >= 11 is 0. The molecule has 1 amide bonds. The van der Waals surface area contributed by atoms with Crippen LogP contribution in [0.2, 0.25) is 0 Å². The van der Waals surface area contributed by atoms with E-state index in [1.165, 1.54) is 4.68 Å². The molecule has 0 radical (unpaired) electrons. The molecule has 114 valence electrons. The Kier molecular flexibility index (Phi) is 3.87. The van der Waals surface area contributed by atoms with Crippen LogP contribution in [0.15, 0.2) is 0 Å². The van der Waals surface area contributed by atoms with Crippen molar-refractivity contribution in [1.82, 2.24) is 20.1 Å². The lowest BCUT2D eigenvalue weighted by Crippen LogP contribution is -2.18. The minimum Gasteiger partial charge on any atom is -0.480 e. The number of ether oxygens (including phenoxy) is 1. The number of carbonyl (C=O) groups excluding carboxylic acids is 1. The number of carboxylic acids is 1. The van der Waals surface area contributed by atoms with E-state index in [2.05, 4.69) is 15.4 Å². The Hall–Kier alpha value is -1.96. The third kappa shape index (κ3) is 3.05. The van der Waals surface area contributed by atoms with Crippen molar-refractivity contribution in [2.24, 2.45) is 0 Å². The van der Waals surface area contributed by atoms with Gasteiger partial charge in [-0.3, -0.25) is 9.59 Å². The van der Waals surface area contributed by atoms with Gasteiger partial charge in [0.25, 0.3) is 0 Å². The predicted octanol–water partition coefficient (Wildman–Crippen LogP) is -0.140. The van der Waals surface area contributed by atoms with Crippen molar-refractivity contribution in [3.63, 3.8) is 0 Å². The van der Waals surface area contributed by atoms with E-state index in [0.717, 1.165) is 12.8 Å². The van der Waals surface area contributed by atoms with Crippen molar-refractivity contribution in [3.05, 3.63) is 11.6 Å². The summed E-state index contributed by atoms with van der Waals surface area (Å²) in [5.74, 6) is 0.385. The largest absolute Gasteiger partial charge is 0.480 e. The fourth-order valence-electron chi connectivity index (χ4n) is 2.84. The van der Waals surface area contributed by atoms with Crippen molar-refractivity contribution in [3.8, 4) is 0 Å². The summed E-state index contributed by atoms with van der Waals surface area (Å²) in [5.41, 5.74) is 0. The van der Waals surface area contributed by atoms with Gasteiger partial charge in [0.15, 0.2) is 5.82 Å². The summed E-state index contributed by atoms with van der Waals surface area (Å²) in [5, 5.41) is 16.1. The summed E-state index contributed by atoms with van der Waals surface area (Å²) in [6, 6.07) is 0. The lowest BCUT2D eigenvalue weighted by molar-refractivity contribution is -0.138. The number of nitrogens with one attached hydrogen (secondary N) is 1. The number of aromatic nitrogens is 3. The Morgan fingerprint density at radius 2 is 2.14 bits per heavy atom. The average Bonchev–Trinajstić information content (AvgIpc) is 3.05. The summed E-state index contributed by atoms with van der Waals surface area (Å²) in [7, 11) is 0. The summed E-state index contributed by atoms with van der Waals surface area (Å²) in [6.07, 6.45) is 2.03. The first-order valence-corrected chi connectivity index (χ1v) is 7.14. The number of hydrogen-bond donors (Lipinski definition) is 2. The van der Waals surface area contributed by atoms with E-state index in [-0.39, 0.29) is 24.3 Å². The van der Waals surface area contributed by atoms with E-state index in [0.29, 0.717) is 37.8 Å². The molecule has 0 saturated carbocycles. The average molecular weight is 294 g/mol. The van der Waals surface area contributed by atoms with Gasteiger partial charge in [0.05, 0.1) is 0 Å². The van der Waals surface area contributed by atoms with Gasteiger partial charge in [-0.2, -0.15) is 5.10 Å². The maximum atomic E-state index is 11.4. The predicted molar refractivity (Wildman–Crippen MR) is 70.8 cm³/mol. The molecule has 2 fully saturated rings. The maximum absolute atomic E-state index is 11.4. The van der Waals surface area contributed by atoms with Crippen LogP contribution in [0.4, 0.5) is 0 Å². The molecular formula is C13H18N4O4. The summed E-state index contributed by atoms with van der Waals surface area (Å²) in [4.78, 5) is 26.9. The topological polar surface area (TPSA) is 106 Å². The highest BCUT2D eigenvalue weighted by Crippen LogP contribution is 2.28. The highest BCUT2D eigenvalue weighted by atomic mass is 16.5. The molecule has 2 N–H and O–H groups in total. The number of carbonyl (C=O) groups is 2. The standard InChI is InChI=1S/C13H18N4O4/c18-10-5-9(6-14-10)13-15-12(8-1-3-21-4-2-8)16-17(13)7-11(19)20/h8-9H,1-7H2,(H,14,18)(H,19,20)/t9-/m0/s1. The van der Waals surface area contributed by atoms with Crippen molar-refractivity contribution < 1.29 is 19.4 Å². The van der Waals surface area contributed by atoms with Crippen LogP contribution in [0.1, 0.15) is 42.7 Å². The van der Waals surface area contributed by atoms with E-state index in [4.69, 9.17) is 9.84 Å². The second-order valence-electron chi connectivity index (χ2n) is 5.47. The van der Waals surface area contributed by atoms with Crippen LogP contribution < -0.4 is 5.32 Å². The number of amides is 1. The van der Waals surface area contributed by atoms with Crippen LogP contribution in [0.3, 0.4) is 0 Å². The molecule has 8 nitrogen and oxygen atoms in total. The van der Waals surface area contributed by atoms with E-state index in [9.17, 15) is 9.59 Å². The minimum absolute atomic E-state index is 0.0301. The van der Waals surface area contributed by atoms with Gasteiger partial charge >= 0.3 is 5.97 Å². The molecule has 0 aromatic carbocycles. The smallest absolute Gasteiger partial charge is 0.325 e. The van der Waals surface area contributed by atoms with Crippen LogP contribution in [-0.4, -0.2) is 51.5 Å². The van der Waals surface area contributed by atoms with Gasteiger partial charge in [-0.05, 0) is 12.8 Å². The van der Waals surface area contributed by atoms with Gasteiger partial charge in [0.1, 0.15) is 12.4 Å². The third-order valence-corrected chi connectivity index (χ3v) is 3.93. The third-order valence-electron chi connectivity index (χ3n) is 3.93. The van der Waals surface area contributed by atoms with Gasteiger partial charge in [-0.25, -0.2) is 9.67 Å². The Balaban J connectivity index is 1.86. The highest BCUT2D eigenvalue weighted by molar-refractivity contribution is 5.79. The highest BCUT2D eigenvalue weighted by Gasteiger charge is 2.30. The van der Waals surface area contributed by atoms with Crippen molar-refractivity contribution in [1.29, 1.82) is 0 Å². The zero-order chi connectivity index (χ0) is 14.8. The first-order chi connectivity index (χ1) is 10.1. The van der Waals surface area contributed by atoms with Crippen molar-refractivity contribution in [2.75, 3.05) is 19.8 Å². The lowest BCUT2D eigenvalue weighted by Gasteiger charge is -2.18. The van der Waals surface area contributed by atoms with Crippen LogP contribution in [-0.2, 0) is 20.9 Å². The van der Waals surface area contributed by atoms with E-state index < -0.39 is 5.97 Å². The van der Waals surface area contributed by atoms with Crippen molar-refractivity contribution >= 4 is 11.9 Å².